The molecule has 1 aromatic rings. The molecular weight excluding hydrogens is 154 g/mol. The normalized spacial score (nSPS) is 12.1. The van der Waals surface area contributed by atoms with Crippen LogP contribution in [0, 0.1) is 0 Å². The summed E-state index contributed by atoms with van der Waals surface area (Å²) in [5.41, 5.74) is 2.81. The quantitative estimate of drug-likeness (QED) is 0.690. The molecule has 1 nitrogen and oxygen atoms in total. The fourth-order valence-electron chi connectivity index (χ4n) is 0.940. The van der Waals surface area contributed by atoms with Crippen LogP contribution in [-0.4, -0.2) is 5.49 Å². The molecule has 0 amide bonds. The number of thiocarbonyl (C=S) groups is 1. The number of nitrogens with one attached hydrogen (secondary N) is 1. The van der Waals surface area contributed by atoms with E-state index in [1.54, 1.807) is 5.49 Å². The Balaban J connectivity index is 2.68. The molecule has 0 aromatic heterocycles. The first-order valence-electron chi connectivity index (χ1n) is 3.59. The Kier molecular flexibility index (Phi) is 3.05. The van der Waals surface area contributed by atoms with Gasteiger partial charge in [0, 0.05) is 6.04 Å². The Labute approximate surface area is 72.4 Å². The van der Waals surface area contributed by atoms with Crippen LogP contribution in [0.25, 0.3) is 0 Å². The van der Waals surface area contributed by atoms with Crippen LogP contribution in [0.1, 0.15) is 18.5 Å². The van der Waals surface area contributed by atoms with Gasteiger partial charge in [0.25, 0.3) is 0 Å². The van der Waals surface area contributed by atoms with E-state index in [0.717, 1.165) is 0 Å². The van der Waals surface area contributed by atoms with Crippen LogP contribution in [0.4, 0.5) is 0 Å². The first-order valence-corrected chi connectivity index (χ1v) is 4.06. The summed E-state index contributed by atoms with van der Waals surface area (Å²) in [4.78, 5) is 0. The molecule has 0 spiro atoms. The lowest BCUT2D eigenvalue weighted by Gasteiger charge is -2.10. The molecule has 2 heteroatoms. The van der Waals surface area contributed by atoms with Crippen LogP contribution in [0.5, 0.6) is 0 Å². The minimum atomic E-state index is 0.314. The zero-order chi connectivity index (χ0) is 8.10. The average Bonchev–Trinajstić information content (AvgIpc) is 2.07. The van der Waals surface area contributed by atoms with Crippen LogP contribution < -0.4 is 5.32 Å². The predicted molar refractivity (Wildman–Crippen MR) is 51.6 cm³/mol. The molecule has 0 heterocycles. The van der Waals surface area contributed by atoms with E-state index in [2.05, 4.69) is 24.4 Å². The molecule has 0 fully saturated rings. The monoisotopic (exact) mass is 165 g/mol. The Morgan fingerprint density at radius 2 is 2.00 bits per heavy atom. The molecule has 1 atom stereocenters. The second-order valence-electron chi connectivity index (χ2n) is 2.42. The Morgan fingerprint density at radius 1 is 1.36 bits per heavy atom. The minimum absolute atomic E-state index is 0.314. The summed E-state index contributed by atoms with van der Waals surface area (Å²) >= 11 is 4.69. The molecule has 0 aliphatic heterocycles. The third-order valence-electron chi connectivity index (χ3n) is 1.62. The fraction of sp³-hybridized carbons (Fsp3) is 0.222. The van der Waals surface area contributed by atoms with Gasteiger partial charge in [0.05, 0.1) is 5.49 Å². The molecule has 11 heavy (non-hydrogen) atoms. The molecule has 1 rings (SSSR count). The number of benzene rings is 1. The number of hydrogen-bond donors (Lipinski definition) is 1. The molecule has 1 N–H and O–H groups in total. The standard InChI is InChI=1S/C9H11NS/c1-8(10-7-11)9-5-3-2-4-6-9/h2-8H,1H3,(H,10,11)/t8-/m1/s1. The highest BCUT2D eigenvalue weighted by Crippen LogP contribution is 2.09. The van der Waals surface area contributed by atoms with Gasteiger partial charge in [-0.2, -0.15) is 0 Å². The molecule has 0 saturated heterocycles. The van der Waals surface area contributed by atoms with Crippen molar-refractivity contribution in [3.63, 3.8) is 0 Å². The lowest BCUT2D eigenvalue weighted by molar-refractivity contribution is 0.733. The highest BCUT2D eigenvalue weighted by molar-refractivity contribution is 7.78. The first-order chi connectivity index (χ1) is 5.34. The summed E-state index contributed by atoms with van der Waals surface area (Å²) in [6, 6.07) is 10.5. The van der Waals surface area contributed by atoms with Gasteiger partial charge in [0.15, 0.2) is 0 Å². The van der Waals surface area contributed by atoms with Crippen molar-refractivity contribution >= 4 is 17.7 Å². The zero-order valence-electron chi connectivity index (χ0n) is 6.45. The van der Waals surface area contributed by atoms with Gasteiger partial charge < -0.3 is 5.32 Å². The van der Waals surface area contributed by atoms with Crippen molar-refractivity contribution in [2.24, 2.45) is 0 Å². The van der Waals surface area contributed by atoms with Gasteiger partial charge in [0.2, 0.25) is 0 Å². The van der Waals surface area contributed by atoms with Crippen LogP contribution in [0.15, 0.2) is 30.3 Å². The highest BCUT2D eigenvalue weighted by Gasteiger charge is 1.99. The predicted octanol–water partition coefficient (Wildman–Crippen LogP) is 2.29. The van der Waals surface area contributed by atoms with E-state index in [-0.39, 0.29) is 0 Å². The summed E-state index contributed by atoms with van der Waals surface area (Å²) in [6.07, 6.45) is 0. The Hall–Kier alpha value is -0.890. The SMILES string of the molecule is C[C@@H](NC=S)c1ccccc1. The van der Waals surface area contributed by atoms with Crippen LogP contribution in [0.3, 0.4) is 0 Å². The largest absolute Gasteiger partial charge is 0.376 e. The van der Waals surface area contributed by atoms with Gasteiger partial charge in [-0.25, -0.2) is 0 Å². The summed E-state index contributed by atoms with van der Waals surface area (Å²) in [5, 5.41) is 3.05. The van der Waals surface area contributed by atoms with E-state index < -0.39 is 0 Å². The average molecular weight is 165 g/mol. The van der Waals surface area contributed by atoms with Gasteiger partial charge in [0.1, 0.15) is 0 Å². The van der Waals surface area contributed by atoms with Crippen LogP contribution in [0.2, 0.25) is 0 Å². The maximum atomic E-state index is 4.69. The van der Waals surface area contributed by atoms with E-state index >= 15 is 0 Å². The summed E-state index contributed by atoms with van der Waals surface area (Å²) < 4.78 is 0. The van der Waals surface area contributed by atoms with Crippen molar-refractivity contribution in [1.29, 1.82) is 0 Å². The van der Waals surface area contributed by atoms with E-state index in [0.29, 0.717) is 6.04 Å². The Bertz CT molecular complexity index is 220. The summed E-state index contributed by atoms with van der Waals surface area (Å²) in [5.74, 6) is 0. The molecule has 0 aliphatic carbocycles. The lowest BCUT2D eigenvalue weighted by atomic mass is 10.1. The second-order valence-corrected chi connectivity index (χ2v) is 2.65. The van der Waals surface area contributed by atoms with E-state index in [1.165, 1.54) is 5.56 Å². The maximum absolute atomic E-state index is 4.69. The first kappa shape index (κ1) is 8.21. The second kappa shape index (κ2) is 4.09. The van der Waals surface area contributed by atoms with Gasteiger partial charge in [-0.15, -0.1) is 0 Å². The summed E-state index contributed by atoms with van der Waals surface area (Å²) in [6.45, 7) is 2.08. The molecule has 0 radical (unpaired) electrons. The van der Waals surface area contributed by atoms with Crippen molar-refractivity contribution < 1.29 is 0 Å². The number of hydrogen-bond acceptors (Lipinski definition) is 1. The van der Waals surface area contributed by atoms with E-state index in [9.17, 15) is 0 Å². The van der Waals surface area contributed by atoms with Gasteiger partial charge >= 0.3 is 0 Å². The van der Waals surface area contributed by atoms with Crippen molar-refractivity contribution in [2.45, 2.75) is 13.0 Å². The molecule has 58 valence electrons. The molecule has 0 unspecified atom stereocenters. The molecule has 0 saturated carbocycles. The van der Waals surface area contributed by atoms with E-state index in [1.807, 2.05) is 18.2 Å². The zero-order valence-corrected chi connectivity index (χ0v) is 7.27. The van der Waals surface area contributed by atoms with Crippen molar-refractivity contribution in [1.82, 2.24) is 5.32 Å². The van der Waals surface area contributed by atoms with Gasteiger partial charge in [-0.3, -0.25) is 0 Å². The third kappa shape index (κ3) is 2.31. The molecule has 0 aliphatic rings. The molecular formula is C9H11NS. The third-order valence-corrected chi connectivity index (χ3v) is 1.75. The fourth-order valence-corrected chi connectivity index (χ4v) is 1.14. The van der Waals surface area contributed by atoms with E-state index in [4.69, 9.17) is 12.2 Å². The van der Waals surface area contributed by atoms with Gasteiger partial charge in [-0.1, -0.05) is 42.5 Å². The van der Waals surface area contributed by atoms with Gasteiger partial charge in [-0.05, 0) is 12.5 Å². The molecule has 0 bridgehead atoms. The minimum Gasteiger partial charge on any atom is -0.376 e. The lowest BCUT2D eigenvalue weighted by Crippen LogP contribution is -2.14. The van der Waals surface area contributed by atoms with Crippen molar-refractivity contribution in [2.75, 3.05) is 0 Å². The maximum Gasteiger partial charge on any atom is 0.0619 e. The van der Waals surface area contributed by atoms with Crippen LogP contribution >= 0.6 is 12.2 Å². The molecule has 1 aromatic carbocycles. The summed E-state index contributed by atoms with van der Waals surface area (Å²) in [7, 11) is 0. The highest BCUT2D eigenvalue weighted by atomic mass is 32.1. The topological polar surface area (TPSA) is 12.0 Å². The number of rotatable bonds is 3. The Morgan fingerprint density at radius 3 is 2.55 bits per heavy atom. The van der Waals surface area contributed by atoms with Crippen molar-refractivity contribution in [3.05, 3.63) is 35.9 Å². The smallest absolute Gasteiger partial charge is 0.0619 e. The van der Waals surface area contributed by atoms with Crippen molar-refractivity contribution in [3.8, 4) is 0 Å². The van der Waals surface area contributed by atoms with Crippen LogP contribution in [-0.2, 0) is 0 Å².